The summed E-state index contributed by atoms with van der Waals surface area (Å²) in [7, 11) is 0. The van der Waals surface area contributed by atoms with E-state index in [0.717, 1.165) is 31.0 Å². The molecule has 0 aromatic carbocycles. The Bertz CT molecular complexity index is 339. The van der Waals surface area contributed by atoms with Gasteiger partial charge in [0.05, 0.1) is 6.61 Å². The zero-order valence-electron chi connectivity index (χ0n) is 11.3. The maximum Gasteiger partial charge on any atom is 0.218 e. The molecule has 0 atom stereocenters. The third kappa shape index (κ3) is 5.02. The van der Waals surface area contributed by atoms with E-state index < -0.39 is 0 Å². The van der Waals surface area contributed by atoms with Crippen LogP contribution < -0.4 is 10.1 Å². The summed E-state index contributed by atoms with van der Waals surface area (Å²) < 4.78 is 5.43. The van der Waals surface area contributed by atoms with Gasteiger partial charge < -0.3 is 10.1 Å². The van der Waals surface area contributed by atoms with Crippen molar-refractivity contribution in [3.63, 3.8) is 0 Å². The molecule has 1 heterocycles. The number of aromatic nitrogens is 2. The minimum absolute atomic E-state index is 0.631. The number of hydrogen-bond acceptors (Lipinski definition) is 4. The van der Waals surface area contributed by atoms with E-state index in [0.29, 0.717) is 18.4 Å². The minimum Gasteiger partial charge on any atom is -0.478 e. The summed E-state index contributed by atoms with van der Waals surface area (Å²) in [5.74, 6) is 3.04. The molecule has 17 heavy (non-hydrogen) atoms. The lowest BCUT2D eigenvalue weighted by atomic mass is 10.1. The van der Waals surface area contributed by atoms with Crippen molar-refractivity contribution in [2.24, 2.45) is 5.92 Å². The van der Waals surface area contributed by atoms with Crippen molar-refractivity contribution in [1.29, 1.82) is 0 Å². The van der Waals surface area contributed by atoms with Crippen LogP contribution in [-0.4, -0.2) is 23.1 Å². The first kappa shape index (κ1) is 13.7. The van der Waals surface area contributed by atoms with E-state index in [4.69, 9.17) is 4.74 Å². The highest BCUT2D eigenvalue weighted by Gasteiger charge is 2.04. The van der Waals surface area contributed by atoms with Gasteiger partial charge in [0.2, 0.25) is 5.88 Å². The van der Waals surface area contributed by atoms with Gasteiger partial charge in [-0.2, -0.15) is 4.98 Å². The second-order valence-electron chi connectivity index (χ2n) is 4.40. The largest absolute Gasteiger partial charge is 0.478 e. The van der Waals surface area contributed by atoms with Gasteiger partial charge in [0.25, 0.3) is 0 Å². The van der Waals surface area contributed by atoms with E-state index in [2.05, 4.69) is 29.1 Å². The van der Waals surface area contributed by atoms with Crippen molar-refractivity contribution in [2.75, 3.05) is 18.5 Å². The van der Waals surface area contributed by atoms with Crippen LogP contribution in [0.4, 0.5) is 5.82 Å². The second kappa shape index (κ2) is 7.09. The molecule has 0 saturated heterocycles. The lowest BCUT2D eigenvalue weighted by Gasteiger charge is -2.10. The molecule has 4 nitrogen and oxygen atoms in total. The zero-order chi connectivity index (χ0) is 12.7. The molecule has 4 heteroatoms. The summed E-state index contributed by atoms with van der Waals surface area (Å²) in [6.45, 7) is 9.99. The van der Waals surface area contributed by atoms with Gasteiger partial charge in [-0.05, 0) is 19.3 Å². The first-order valence-corrected chi connectivity index (χ1v) is 6.40. The minimum atomic E-state index is 0.631. The van der Waals surface area contributed by atoms with E-state index >= 15 is 0 Å². The van der Waals surface area contributed by atoms with Crippen LogP contribution in [0.1, 0.15) is 39.9 Å². The lowest BCUT2D eigenvalue weighted by molar-refractivity contribution is 0.325. The molecule has 0 unspecified atom stereocenters. The van der Waals surface area contributed by atoms with Crippen molar-refractivity contribution in [3.8, 4) is 5.88 Å². The first-order chi connectivity index (χ1) is 8.15. The van der Waals surface area contributed by atoms with Crippen molar-refractivity contribution in [3.05, 3.63) is 11.9 Å². The summed E-state index contributed by atoms with van der Waals surface area (Å²) in [6, 6.07) is 1.86. The SMILES string of the molecule is CCOc1cc(NCCC(C)C)nc(CC)n1. The van der Waals surface area contributed by atoms with E-state index in [9.17, 15) is 0 Å². The van der Waals surface area contributed by atoms with Gasteiger partial charge in [-0.1, -0.05) is 20.8 Å². The monoisotopic (exact) mass is 237 g/mol. The molecule has 0 radical (unpaired) electrons. The van der Waals surface area contributed by atoms with Gasteiger partial charge in [0.15, 0.2) is 0 Å². The molecule has 1 aromatic rings. The molecular weight excluding hydrogens is 214 g/mol. The van der Waals surface area contributed by atoms with Gasteiger partial charge in [-0.3, -0.25) is 0 Å². The summed E-state index contributed by atoms with van der Waals surface area (Å²) >= 11 is 0. The van der Waals surface area contributed by atoms with Crippen molar-refractivity contribution < 1.29 is 4.74 Å². The number of nitrogens with zero attached hydrogens (tertiary/aromatic N) is 2. The van der Waals surface area contributed by atoms with Crippen LogP contribution in [0.3, 0.4) is 0 Å². The molecule has 0 bridgehead atoms. The van der Waals surface area contributed by atoms with E-state index in [1.807, 2.05) is 19.9 Å². The molecule has 1 N–H and O–H groups in total. The molecule has 1 rings (SSSR count). The molecule has 1 aromatic heterocycles. The number of hydrogen-bond donors (Lipinski definition) is 1. The normalized spacial score (nSPS) is 10.6. The van der Waals surface area contributed by atoms with E-state index in [-0.39, 0.29) is 0 Å². The van der Waals surface area contributed by atoms with Gasteiger partial charge in [-0.25, -0.2) is 4.98 Å². The predicted octanol–water partition coefficient (Wildman–Crippen LogP) is 2.90. The lowest BCUT2D eigenvalue weighted by Crippen LogP contribution is -2.09. The molecule has 0 aliphatic rings. The Hall–Kier alpha value is -1.32. The van der Waals surface area contributed by atoms with Crippen molar-refractivity contribution in [2.45, 2.75) is 40.5 Å². The van der Waals surface area contributed by atoms with Gasteiger partial charge in [0, 0.05) is 19.0 Å². The fourth-order valence-corrected chi connectivity index (χ4v) is 1.43. The quantitative estimate of drug-likeness (QED) is 0.792. The summed E-state index contributed by atoms with van der Waals surface area (Å²) in [6.07, 6.45) is 1.95. The van der Waals surface area contributed by atoms with Crippen LogP contribution in [0.15, 0.2) is 6.07 Å². The van der Waals surface area contributed by atoms with Gasteiger partial charge in [-0.15, -0.1) is 0 Å². The average Bonchev–Trinajstić information content (AvgIpc) is 2.28. The first-order valence-electron chi connectivity index (χ1n) is 6.40. The summed E-state index contributed by atoms with van der Waals surface area (Å²) in [5, 5.41) is 3.32. The molecule has 0 aliphatic heterocycles. The van der Waals surface area contributed by atoms with Crippen LogP contribution in [0, 0.1) is 5.92 Å². The molecule has 0 aliphatic carbocycles. The Morgan fingerprint density at radius 3 is 2.65 bits per heavy atom. The van der Waals surface area contributed by atoms with Crippen LogP contribution in [0.25, 0.3) is 0 Å². The number of aryl methyl sites for hydroxylation is 1. The van der Waals surface area contributed by atoms with Gasteiger partial charge in [0.1, 0.15) is 11.6 Å². The Kier molecular flexibility index (Phi) is 5.73. The third-order valence-electron chi connectivity index (χ3n) is 2.39. The van der Waals surface area contributed by atoms with E-state index in [1.54, 1.807) is 0 Å². The van der Waals surface area contributed by atoms with Crippen molar-refractivity contribution in [1.82, 2.24) is 9.97 Å². The topological polar surface area (TPSA) is 47.0 Å². The summed E-state index contributed by atoms with van der Waals surface area (Å²) in [5.41, 5.74) is 0. The fraction of sp³-hybridized carbons (Fsp3) is 0.692. The van der Waals surface area contributed by atoms with Crippen LogP contribution in [0.5, 0.6) is 5.88 Å². The standard InChI is InChI=1S/C13H23N3O/c1-5-11-15-12(14-8-7-10(3)4)9-13(16-11)17-6-2/h9-10H,5-8H2,1-4H3,(H,14,15,16). The summed E-state index contributed by atoms with van der Waals surface area (Å²) in [4.78, 5) is 8.74. The number of nitrogens with one attached hydrogen (secondary N) is 1. The Labute approximate surface area is 104 Å². The average molecular weight is 237 g/mol. The Morgan fingerprint density at radius 2 is 2.06 bits per heavy atom. The molecule has 0 fully saturated rings. The molecule has 0 saturated carbocycles. The number of ether oxygens (including phenoxy) is 1. The Morgan fingerprint density at radius 1 is 1.29 bits per heavy atom. The highest BCUT2D eigenvalue weighted by Crippen LogP contribution is 2.14. The molecule has 0 amide bonds. The van der Waals surface area contributed by atoms with E-state index in [1.165, 1.54) is 0 Å². The molecule has 96 valence electrons. The maximum atomic E-state index is 5.43. The van der Waals surface area contributed by atoms with Crippen LogP contribution in [-0.2, 0) is 6.42 Å². The van der Waals surface area contributed by atoms with Crippen molar-refractivity contribution >= 4 is 5.82 Å². The van der Waals surface area contributed by atoms with Crippen LogP contribution >= 0.6 is 0 Å². The molecule has 0 spiro atoms. The predicted molar refractivity (Wildman–Crippen MR) is 70.5 cm³/mol. The number of anilines is 1. The van der Waals surface area contributed by atoms with Crippen LogP contribution in [0.2, 0.25) is 0 Å². The second-order valence-corrected chi connectivity index (χ2v) is 4.40. The Balaban J connectivity index is 2.66. The zero-order valence-corrected chi connectivity index (χ0v) is 11.3. The maximum absolute atomic E-state index is 5.43. The molecular formula is C13H23N3O. The highest BCUT2D eigenvalue weighted by molar-refractivity contribution is 5.38. The smallest absolute Gasteiger partial charge is 0.218 e. The third-order valence-corrected chi connectivity index (χ3v) is 2.39. The fourth-order valence-electron chi connectivity index (χ4n) is 1.43. The highest BCUT2D eigenvalue weighted by atomic mass is 16.5. The number of rotatable bonds is 7. The van der Waals surface area contributed by atoms with Gasteiger partial charge >= 0.3 is 0 Å².